The number of nitrogens with zero attached hydrogens (tertiary/aromatic N) is 1. The van der Waals surface area contributed by atoms with Gasteiger partial charge in [-0.05, 0) is 132 Å². The molecule has 4 aliphatic rings. The summed E-state index contributed by atoms with van der Waals surface area (Å²) in [6.45, 7) is 55.8. The Labute approximate surface area is 513 Å². The fourth-order valence-corrected chi connectivity index (χ4v) is 118. The van der Waals surface area contributed by atoms with Gasteiger partial charge < -0.3 is 42.5 Å². The summed E-state index contributed by atoms with van der Waals surface area (Å²) in [5.41, 5.74) is 2.08. The van der Waals surface area contributed by atoms with Crippen LogP contribution in [0.4, 0.5) is 0 Å². The molecule has 0 radical (unpaired) electrons. The molecule has 18 heteroatoms. The minimum atomic E-state index is -2.57. The molecule has 3 fully saturated rings. The third-order valence-corrected chi connectivity index (χ3v) is 105. The number of esters is 1. The number of rotatable bonds is 16. The van der Waals surface area contributed by atoms with E-state index >= 15 is 9.59 Å². The largest absolute Gasteiger partial charge is 0.456 e. The quantitative estimate of drug-likeness (QED) is 0.0897. The second-order valence-electron chi connectivity index (χ2n) is 33.1. The lowest BCUT2D eigenvalue weighted by atomic mass is 9.81. The summed E-state index contributed by atoms with van der Waals surface area (Å²) in [7, 11) is -4.25. The second-order valence-corrected chi connectivity index (χ2v) is 84.1. The molecule has 12 nitrogen and oxygen atoms in total. The summed E-state index contributed by atoms with van der Waals surface area (Å²) >= 11 is 0. The summed E-state index contributed by atoms with van der Waals surface area (Å²) in [5, 5.41) is 12.5. The molecule has 482 valence electrons. The number of hydrogen-bond acceptors (Lipinski definition) is 11. The third kappa shape index (κ3) is 18.2. The van der Waals surface area contributed by atoms with Crippen molar-refractivity contribution in [3.63, 3.8) is 0 Å². The number of methoxy groups -OCH3 is 3. The predicted octanol–water partition coefficient (Wildman–Crippen LogP) is 15.4. The van der Waals surface area contributed by atoms with Gasteiger partial charge in [-0.25, -0.2) is 4.79 Å². The Balaban J connectivity index is 1.97. The molecule has 2 saturated heterocycles. The van der Waals surface area contributed by atoms with E-state index in [1.165, 1.54) is 11.6 Å². The van der Waals surface area contributed by atoms with Gasteiger partial charge in [0, 0.05) is 81.4 Å². The van der Waals surface area contributed by atoms with E-state index in [1.807, 2.05) is 6.92 Å². The van der Waals surface area contributed by atoms with Crippen molar-refractivity contribution in [1.29, 1.82) is 0 Å². The maximum absolute atomic E-state index is 15.9. The number of ether oxygens (including phenoxy) is 5. The van der Waals surface area contributed by atoms with Crippen molar-refractivity contribution >= 4 is 63.7 Å². The van der Waals surface area contributed by atoms with E-state index < -0.39 is 100 Å². The van der Waals surface area contributed by atoms with Crippen molar-refractivity contribution in [1.82, 2.24) is 4.90 Å². The molecular weight excluding hydrogens is 1140 g/mol. The fourth-order valence-electron chi connectivity index (χ4n) is 15.8. The lowest BCUT2D eigenvalue weighted by Crippen LogP contribution is -2.82. The molecule has 4 rings (SSSR count). The molecule has 1 aliphatic carbocycles. The monoisotopic (exact) mass is 1270 g/mol. The zero-order chi connectivity index (χ0) is 63.4. The fraction of sp³-hybridized carbons (Fsp3) is 0.892. The Morgan fingerprint density at radius 3 is 1.76 bits per heavy atom. The summed E-state index contributed by atoms with van der Waals surface area (Å²) in [6.07, 6.45) is 9.60. The number of fused-ring (bicyclic) bond motifs is 3. The minimum absolute atomic E-state index is 0.0111. The highest BCUT2D eigenvalue weighted by atomic mass is 29.9. The Bertz CT molecular complexity index is 2170. The number of carbonyl (C=O) groups excluding carboxylic acids is 3. The number of hydrogen-bond donors (Lipinski definition) is 1. The molecule has 0 aromatic rings. The molecule has 0 spiro atoms. The van der Waals surface area contributed by atoms with Gasteiger partial charge in [-0.3, -0.25) is 9.59 Å². The molecule has 0 aromatic heterocycles. The normalized spacial score (nSPS) is 33.7. The van der Waals surface area contributed by atoms with E-state index in [4.69, 9.17) is 32.5 Å². The Morgan fingerprint density at radius 2 is 1.24 bits per heavy atom. The lowest BCUT2D eigenvalue weighted by molar-refractivity contribution is -0.321. The zero-order valence-corrected chi connectivity index (χ0v) is 64.2. The number of aliphatic hydroxyl groups is 1. The van der Waals surface area contributed by atoms with Crippen molar-refractivity contribution in [2.75, 3.05) is 27.9 Å². The molecule has 0 aromatic carbocycles. The highest BCUT2D eigenvalue weighted by molar-refractivity contribution is 7.89. The number of cyclic esters (lactones) is 1. The van der Waals surface area contributed by atoms with E-state index in [0.29, 0.717) is 25.8 Å². The average molecular weight is 1270 g/mol. The maximum Gasteiger partial charge on any atom is 0.329 e. The van der Waals surface area contributed by atoms with Gasteiger partial charge >= 0.3 is 5.97 Å². The summed E-state index contributed by atoms with van der Waals surface area (Å²) in [5.74, 6) is -3.42. The summed E-state index contributed by atoms with van der Waals surface area (Å²) in [4.78, 5) is 47.9. The molecule has 83 heavy (non-hydrogen) atoms. The summed E-state index contributed by atoms with van der Waals surface area (Å²) in [6, 6.07) is 0.408. The predicted molar refractivity (Wildman–Crippen MR) is 359 cm³/mol. The molecular formula is C65H127NO11Si6. The average Bonchev–Trinajstić information content (AvgIpc) is 2.38. The third-order valence-electron chi connectivity index (χ3n) is 21.9. The van der Waals surface area contributed by atoms with Crippen LogP contribution in [0.5, 0.6) is 0 Å². The number of ketones is 1. The van der Waals surface area contributed by atoms with E-state index in [-0.39, 0.29) is 70.7 Å². The van der Waals surface area contributed by atoms with Gasteiger partial charge in [0.15, 0.2) is 22.4 Å². The molecule has 2 bridgehead atoms. The van der Waals surface area contributed by atoms with E-state index in [1.54, 1.807) is 26.2 Å². The minimum Gasteiger partial charge on any atom is -0.456 e. The Hall–Kier alpha value is -0.889. The first-order valence-corrected chi connectivity index (χ1v) is 54.1. The van der Waals surface area contributed by atoms with Crippen LogP contribution >= 0.6 is 0 Å². The highest BCUT2D eigenvalue weighted by Gasteiger charge is 2.61. The number of piperidine rings is 1. The van der Waals surface area contributed by atoms with Gasteiger partial charge in [0.2, 0.25) is 5.91 Å². The van der Waals surface area contributed by atoms with Gasteiger partial charge in [0.25, 0.3) is 0 Å². The molecule has 3 aliphatic heterocycles. The van der Waals surface area contributed by atoms with Crippen LogP contribution in [0.15, 0.2) is 23.3 Å². The van der Waals surface area contributed by atoms with Gasteiger partial charge in [0.05, 0.1) is 36.9 Å². The van der Waals surface area contributed by atoms with E-state index in [0.717, 1.165) is 56.9 Å². The van der Waals surface area contributed by atoms with Gasteiger partial charge in [-0.15, -0.1) is 0 Å². The van der Waals surface area contributed by atoms with Crippen molar-refractivity contribution in [3.8, 4) is 0 Å². The first kappa shape index (κ1) is 74.6. The van der Waals surface area contributed by atoms with Crippen LogP contribution in [0.1, 0.15) is 160 Å². The molecule has 14 atom stereocenters. The molecule has 1 amide bonds. The van der Waals surface area contributed by atoms with E-state index in [2.05, 4.69) is 167 Å². The van der Waals surface area contributed by atoms with Crippen molar-refractivity contribution in [3.05, 3.63) is 23.3 Å². The standard InChI is InChI=1S/C65H127NO11Si6/c1-45-37-46(2)39-57(72-13)61-58(73-14)41-48(4)65(70,75-61)44-59(68)66-35-29-28-32-52(66)62(69)74-60(47(3)40-50-33-34-54(56(42-50)71-12)76-81(24,25)63(6,7)8)49(5)55(77-82(26,27)64(9,10)11)43-53(67)51(38-45)31-30-36-83(78(15,16)17,79(18,19)20)80(21,22)23/h38,40,46,48-52,54-58,60-61,70H,28-37,39,41-44H2,1-27H3/b45-38+,47-40+/t46-,48+,49+,50-,51+,52-,54+,55-,56+,57-,58-,60+,61+,65-/m0/s1. The van der Waals surface area contributed by atoms with E-state index in [9.17, 15) is 9.90 Å². The topological polar surface area (TPSA) is 139 Å². The maximum atomic E-state index is 15.9. The van der Waals surface area contributed by atoms with Gasteiger partial charge in [-0.2, -0.15) is 0 Å². The smallest absolute Gasteiger partial charge is 0.329 e. The number of carbonyl (C=O) groups is 3. The Kier molecular flexibility index (Phi) is 26.0. The molecule has 3 heterocycles. The first-order valence-electron chi connectivity index (χ1n) is 32.5. The van der Waals surface area contributed by atoms with Crippen molar-refractivity contribution in [2.45, 2.75) is 315 Å². The van der Waals surface area contributed by atoms with Crippen LogP contribution < -0.4 is 0 Å². The first-order chi connectivity index (χ1) is 37.8. The SMILES string of the molecule is CO[C@H]1C[C@@H](C)C/C(C)=C/[C@@H](CCC[Si]([Si](C)(C)C)([Si](C)(C)C)[Si](C)(C)C)C(=O)C[C@H](O[Si](C)(C)C(C)(C)C)[C@@H](C)[C@@H](/C(C)=C/[C@@H]2CC[C@@H](O[Si](C)(C)C(C)(C)C)[C@H](OC)C2)OC(=O)[C@@H]2CCCCN2C(=O)C[C@]2(O)O[C@H]1[C@@H](OC)C[C@H]2C. The van der Waals surface area contributed by atoms with Crippen LogP contribution in [0.3, 0.4) is 0 Å². The van der Waals surface area contributed by atoms with Crippen LogP contribution in [-0.2, 0) is 46.9 Å². The van der Waals surface area contributed by atoms with Gasteiger partial charge in [0.1, 0.15) is 24.0 Å². The number of Topliss-reactive ketones (excluding diaryl/α,β-unsaturated/α-hetero) is 1. The van der Waals surface area contributed by atoms with Crippen LogP contribution in [0.2, 0.25) is 101 Å². The van der Waals surface area contributed by atoms with Crippen molar-refractivity contribution in [2.24, 2.45) is 29.6 Å². The second kappa shape index (κ2) is 28.9. The zero-order valence-electron chi connectivity index (χ0n) is 58.2. The Morgan fingerprint density at radius 1 is 0.711 bits per heavy atom. The molecule has 1 N–H and O–H groups in total. The molecule has 0 unspecified atom stereocenters. The van der Waals surface area contributed by atoms with Crippen molar-refractivity contribution < 1.29 is 52.0 Å². The number of allylic oxidation sites excluding steroid dienone is 3. The van der Waals surface area contributed by atoms with Crippen LogP contribution in [-0.4, -0.2) is 156 Å². The van der Waals surface area contributed by atoms with Gasteiger partial charge in [-0.1, -0.05) is 151 Å². The summed E-state index contributed by atoms with van der Waals surface area (Å²) < 4.78 is 47.0. The van der Waals surface area contributed by atoms with Crippen LogP contribution in [0, 0.1) is 29.6 Å². The number of amides is 1. The van der Waals surface area contributed by atoms with Crippen LogP contribution in [0.25, 0.3) is 0 Å². The highest BCUT2D eigenvalue weighted by Crippen LogP contribution is 2.46. The molecule has 1 saturated carbocycles. The lowest BCUT2D eigenvalue weighted by Gasteiger charge is -2.58.